The van der Waals surface area contributed by atoms with Gasteiger partial charge in [0.05, 0.1) is 25.7 Å². The molecule has 2 heterocycles. The van der Waals surface area contributed by atoms with Crippen molar-refractivity contribution in [3.8, 4) is 11.5 Å². The first-order valence-electron chi connectivity index (χ1n) is 10.1. The minimum atomic E-state index is -0.370. The Hall–Kier alpha value is -2.71. The first-order chi connectivity index (χ1) is 14.5. The number of carbonyl (C=O) groups is 2. The second-order valence-corrected chi connectivity index (χ2v) is 7.40. The van der Waals surface area contributed by atoms with E-state index in [1.807, 2.05) is 0 Å². The third kappa shape index (κ3) is 4.71. The number of carbonyl (C=O) groups excluding carboxylic acids is 2. The predicted octanol–water partition coefficient (Wildman–Crippen LogP) is 2.24. The summed E-state index contributed by atoms with van der Waals surface area (Å²) >= 11 is 0. The van der Waals surface area contributed by atoms with Gasteiger partial charge in [-0.25, -0.2) is 0 Å². The number of hydrogen-bond donors (Lipinski definition) is 1. The molecule has 8 heteroatoms. The summed E-state index contributed by atoms with van der Waals surface area (Å²) in [6.45, 7) is 5.75. The van der Waals surface area contributed by atoms with Gasteiger partial charge in [0, 0.05) is 31.5 Å². The molecule has 0 saturated carbocycles. The average Bonchev–Trinajstić information content (AvgIpc) is 2.74. The lowest BCUT2D eigenvalue weighted by Gasteiger charge is -2.26. The van der Waals surface area contributed by atoms with E-state index in [-0.39, 0.29) is 52.1 Å². The Morgan fingerprint density at radius 2 is 2.03 bits per heavy atom. The number of ether oxygens (including phenoxy) is 2. The normalized spacial score (nSPS) is 14.7. The Morgan fingerprint density at radius 1 is 1.30 bits per heavy atom. The van der Waals surface area contributed by atoms with Crippen molar-refractivity contribution in [2.24, 2.45) is 0 Å². The highest BCUT2D eigenvalue weighted by Gasteiger charge is 2.20. The molecule has 1 aliphatic heterocycles. The van der Waals surface area contributed by atoms with E-state index in [4.69, 9.17) is 13.9 Å². The van der Waals surface area contributed by atoms with Gasteiger partial charge in [0.15, 0.2) is 28.8 Å². The average molecular weight is 417 g/mol. The molecule has 1 aromatic heterocycles. The fraction of sp³-hybridized carbons (Fsp3) is 0.500. The lowest BCUT2D eigenvalue weighted by Crippen LogP contribution is -2.36. The van der Waals surface area contributed by atoms with E-state index in [9.17, 15) is 19.5 Å². The number of Topliss-reactive ketones (excluding diaryl/α,β-unsaturated/α-hetero) is 1. The highest BCUT2D eigenvalue weighted by molar-refractivity contribution is 5.99. The molecule has 0 amide bonds. The van der Waals surface area contributed by atoms with Crippen LogP contribution in [0.3, 0.4) is 0 Å². The number of aromatic hydroxyl groups is 1. The molecule has 2 aromatic rings. The Morgan fingerprint density at radius 3 is 2.70 bits per heavy atom. The number of hydrogen-bond acceptors (Lipinski definition) is 8. The van der Waals surface area contributed by atoms with Crippen LogP contribution in [-0.4, -0.2) is 62.0 Å². The Bertz CT molecular complexity index is 989. The number of aryl methyl sites for hydroxylation is 1. The van der Waals surface area contributed by atoms with Crippen LogP contribution in [0.25, 0.3) is 11.0 Å². The van der Waals surface area contributed by atoms with Crippen molar-refractivity contribution in [3.63, 3.8) is 0 Å². The van der Waals surface area contributed by atoms with Crippen LogP contribution < -0.4 is 10.2 Å². The fourth-order valence-corrected chi connectivity index (χ4v) is 3.73. The summed E-state index contributed by atoms with van der Waals surface area (Å²) in [7, 11) is 1.34. The number of rotatable bonds is 9. The molecule has 1 N–H and O–H groups in total. The standard InChI is InChI=1S/C22H27NO7/c1-14-16(6-5-15(25)4-3-7-23-8-10-29-11-9-23)20(26)17-12-19(28-2)21(27)18(13-24)22(17)30-14/h12-13,27H,3-11H2,1-2H3. The predicted molar refractivity (Wildman–Crippen MR) is 111 cm³/mol. The highest BCUT2D eigenvalue weighted by atomic mass is 16.5. The molecule has 1 aromatic carbocycles. The van der Waals surface area contributed by atoms with Gasteiger partial charge in [0.1, 0.15) is 17.1 Å². The quantitative estimate of drug-likeness (QED) is 0.619. The molecule has 0 atom stereocenters. The zero-order chi connectivity index (χ0) is 21.7. The van der Waals surface area contributed by atoms with Gasteiger partial charge in [-0.05, 0) is 32.4 Å². The molecule has 1 fully saturated rings. The van der Waals surface area contributed by atoms with Gasteiger partial charge >= 0.3 is 0 Å². The maximum absolute atomic E-state index is 13.0. The van der Waals surface area contributed by atoms with Crippen molar-refractivity contribution in [1.29, 1.82) is 0 Å². The van der Waals surface area contributed by atoms with E-state index >= 15 is 0 Å². The third-order valence-corrected chi connectivity index (χ3v) is 5.48. The number of phenols is 1. The van der Waals surface area contributed by atoms with Crippen LogP contribution in [0.1, 0.15) is 40.9 Å². The van der Waals surface area contributed by atoms with Crippen molar-refractivity contribution in [3.05, 3.63) is 33.2 Å². The van der Waals surface area contributed by atoms with Gasteiger partial charge in [0.2, 0.25) is 0 Å². The number of benzene rings is 1. The molecule has 30 heavy (non-hydrogen) atoms. The molecule has 0 unspecified atom stereocenters. The molecule has 0 spiro atoms. The second kappa shape index (κ2) is 9.86. The summed E-state index contributed by atoms with van der Waals surface area (Å²) in [6, 6.07) is 1.36. The van der Waals surface area contributed by atoms with Gasteiger partial charge in [-0.3, -0.25) is 19.3 Å². The Balaban J connectivity index is 1.71. The van der Waals surface area contributed by atoms with Gasteiger partial charge < -0.3 is 19.0 Å². The summed E-state index contributed by atoms with van der Waals surface area (Å²) in [4.78, 5) is 39.0. The van der Waals surface area contributed by atoms with Gasteiger partial charge in [-0.15, -0.1) is 0 Å². The lowest BCUT2D eigenvalue weighted by molar-refractivity contribution is -0.119. The van der Waals surface area contributed by atoms with E-state index < -0.39 is 0 Å². The van der Waals surface area contributed by atoms with Crippen LogP contribution in [0.5, 0.6) is 11.5 Å². The summed E-state index contributed by atoms with van der Waals surface area (Å²) < 4.78 is 16.1. The molecular weight excluding hydrogens is 390 g/mol. The number of nitrogens with zero attached hydrogens (tertiary/aromatic N) is 1. The zero-order valence-corrected chi connectivity index (χ0v) is 17.4. The van der Waals surface area contributed by atoms with Crippen LogP contribution in [0, 0.1) is 6.92 Å². The summed E-state index contributed by atoms with van der Waals surface area (Å²) in [5, 5.41) is 10.3. The maximum atomic E-state index is 13.0. The summed E-state index contributed by atoms with van der Waals surface area (Å²) in [5.74, 6) is 0.0805. The van der Waals surface area contributed by atoms with Crippen molar-refractivity contribution in [2.75, 3.05) is 40.0 Å². The highest BCUT2D eigenvalue weighted by Crippen LogP contribution is 2.35. The molecular formula is C22H27NO7. The van der Waals surface area contributed by atoms with E-state index in [1.165, 1.54) is 13.2 Å². The second-order valence-electron chi connectivity index (χ2n) is 7.40. The summed E-state index contributed by atoms with van der Waals surface area (Å²) in [5.41, 5.74) is -0.0356. The number of methoxy groups -OCH3 is 1. The van der Waals surface area contributed by atoms with Gasteiger partial charge in [0.25, 0.3) is 0 Å². The van der Waals surface area contributed by atoms with Crippen LogP contribution in [-0.2, 0) is 16.0 Å². The van der Waals surface area contributed by atoms with E-state index in [0.717, 1.165) is 39.3 Å². The smallest absolute Gasteiger partial charge is 0.196 e. The van der Waals surface area contributed by atoms with Gasteiger partial charge in [-0.2, -0.15) is 0 Å². The van der Waals surface area contributed by atoms with Crippen LogP contribution >= 0.6 is 0 Å². The molecule has 0 aliphatic carbocycles. The number of fused-ring (bicyclic) bond motifs is 1. The lowest BCUT2D eigenvalue weighted by atomic mass is 10.0. The molecule has 0 bridgehead atoms. The molecule has 3 rings (SSSR count). The van der Waals surface area contributed by atoms with Crippen LogP contribution in [0.15, 0.2) is 15.3 Å². The first-order valence-corrected chi connectivity index (χ1v) is 10.1. The minimum absolute atomic E-state index is 0.0193. The van der Waals surface area contributed by atoms with Crippen molar-refractivity contribution in [1.82, 2.24) is 4.90 Å². The van der Waals surface area contributed by atoms with Gasteiger partial charge in [-0.1, -0.05) is 0 Å². The molecule has 1 aliphatic rings. The minimum Gasteiger partial charge on any atom is -0.504 e. The van der Waals surface area contributed by atoms with Crippen LogP contribution in [0.4, 0.5) is 0 Å². The SMILES string of the molecule is COc1cc2c(=O)c(CCC(=O)CCCN3CCOCC3)c(C)oc2c(C=O)c1O. The zero-order valence-electron chi connectivity index (χ0n) is 17.4. The largest absolute Gasteiger partial charge is 0.504 e. The number of morpholine rings is 1. The van der Waals surface area contributed by atoms with E-state index in [0.29, 0.717) is 24.0 Å². The Labute approximate surface area is 174 Å². The number of phenolic OH excluding ortho intramolecular Hbond substituents is 1. The molecule has 0 radical (unpaired) electrons. The van der Waals surface area contributed by atoms with Crippen molar-refractivity contribution in [2.45, 2.75) is 32.6 Å². The van der Waals surface area contributed by atoms with E-state index in [2.05, 4.69) is 4.90 Å². The molecule has 8 nitrogen and oxygen atoms in total. The van der Waals surface area contributed by atoms with Crippen LogP contribution in [0.2, 0.25) is 0 Å². The van der Waals surface area contributed by atoms with E-state index in [1.54, 1.807) is 6.92 Å². The Kier molecular flexibility index (Phi) is 7.23. The monoisotopic (exact) mass is 417 g/mol. The molecule has 162 valence electrons. The fourth-order valence-electron chi connectivity index (χ4n) is 3.73. The number of ketones is 1. The molecule has 1 saturated heterocycles. The first kappa shape index (κ1) is 22.0. The van der Waals surface area contributed by atoms with Crippen molar-refractivity contribution >= 4 is 23.0 Å². The topological polar surface area (TPSA) is 106 Å². The third-order valence-electron chi connectivity index (χ3n) is 5.48. The van der Waals surface area contributed by atoms with Crippen molar-refractivity contribution < 1.29 is 28.6 Å². The maximum Gasteiger partial charge on any atom is 0.196 e. The summed E-state index contributed by atoms with van der Waals surface area (Å²) in [6.07, 6.45) is 2.19. The number of aldehydes is 1.